The summed E-state index contributed by atoms with van der Waals surface area (Å²) in [7, 11) is 0. The fourth-order valence-electron chi connectivity index (χ4n) is 12.0. The second-order valence-electron chi connectivity index (χ2n) is 20.3. The van der Waals surface area contributed by atoms with E-state index in [2.05, 4.69) is 234 Å². The number of aromatic nitrogens is 5. The van der Waals surface area contributed by atoms with Crippen LogP contribution in [0, 0.1) is 0 Å². The lowest BCUT2D eigenvalue weighted by Gasteiger charge is -2.16. The quantitative estimate of drug-likeness (QED) is 0.0902. The molecule has 84 heavy (non-hydrogen) atoms. The Hall–Kier alpha value is -9.31. The number of amides is 2. The molecule has 10 nitrogen and oxygen atoms in total. The lowest BCUT2D eigenvalue weighted by Crippen LogP contribution is -3.00. The number of rotatable bonds is 5. The molecule has 0 spiro atoms. The van der Waals surface area contributed by atoms with Crippen LogP contribution in [0.4, 0.5) is 0 Å². The molecular formula is C72H58BrIN8O2. The van der Waals surface area contributed by atoms with E-state index in [9.17, 15) is 9.59 Å². The Morgan fingerprint density at radius 1 is 0.333 bits per heavy atom. The third kappa shape index (κ3) is 9.96. The molecular weight excluding hydrogens is 1220 g/mol. The van der Waals surface area contributed by atoms with E-state index in [4.69, 9.17) is 5.73 Å². The smallest absolute Gasteiger partial charge is 0.263 e. The van der Waals surface area contributed by atoms with E-state index < -0.39 is 0 Å². The van der Waals surface area contributed by atoms with Gasteiger partial charge in [0.2, 0.25) is 0 Å². The Morgan fingerprint density at radius 2 is 0.583 bits per heavy atom. The van der Waals surface area contributed by atoms with Gasteiger partial charge in [0.05, 0.1) is 56.3 Å². The average Bonchev–Trinajstić information content (AvgIpc) is 4.46. The number of carbonyl (C=O) groups excluding carboxylic acids is 2. The molecule has 1 aliphatic rings. The Kier molecular flexibility index (Phi) is 16.0. The molecule has 1 aliphatic heterocycles. The molecule has 2 amide bonds. The maximum atomic E-state index is 12.7. The van der Waals surface area contributed by atoms with Gasteiger partial charge in [-0.2, -0.15) is 0 Å². The summed E-state index contributed by atoms with van der Waals surface area (Å²) in [6.07, 6.45) is 0. The molecule has 0 saturated heterocycles. The molecule has 0 saturated carbocycles. The zero-order valence-corrected chi connectivity index (χ0v) is 49.6. The molecule has 16 aromatic rings. The maximum Gasteiger partial charge on any atom is 0.263 e. The highest BCUT2D eigenvalue weighted by atomic mass is 127. The van der Waals surface area contributed by atoms with Crippen LogP contribution in [-0.4, -0.2) is 40.0 Å². The summed E-state index contributed by atoms with van der Waals surface area (Å²) in [5.41, 5.74) is 23.6. The van der Waals surface area contributed by atoms with Crippen molar-refractivity contribution in [2.75, 3.05) is 0 Å². The number of nitrogens with zero attached hydrogens (tertiary/aromatic N) is 5. The van der Waals surface area contributed by atoms with E-state index in [0.29, 0.717) is 17.8 Å². The molecule has 0 atom stereocenters. The van der Waals surface area contributed by atoms with Crippen molar-refractivity contribution in [3.05, 3.63) is 278 Å². The van der Waals surface area contributed by atoms with E-state index in [1.165, 1.54) is 92.1 Å². The summed E-state index contributed by atoms with van der Waals surface area (Å²) >= 11 is 3.54. The van der Waals surface area contributed by atoms with Crippen LogP contribution < -0.4 is 35.4 Å². The fraction of sp³-hybridized carbons (Fsp3) is 0.0556. The minimum atomic E-state index is -0.234. The highest BCUT2D eigenvalue weighted by Gasteiger charge is 2.35. The summed E-state index contributed by atoms with van der Waals surface area (Å²) < 4.78 is 8.71. The standard InChI is InChI=1S/C21H14N2O2.C13H10BrN.2C13H12N2.C12H9N.HI/c24-20-16-9-1-2-10-17(16)21(25)23(20)13-22-18-11-5-3-7-14(18)15-8-4-6-12-19(15)22;3*14-9-15-12-7-3-1-5-10(12)11-6-2-4-8-13(11)15;1-3-7-11-9(5-1)10-6-2-4-8-12(10)13-11;/h1-12H,13H2;1-8H,9H2;2*1-8H,9,14H2;1-8,13H;1H. The first kappa shape index (κ1) is 55.2. The predicted molar refractivity (Wildman–Crippen MR) is 347 cm³/mol. The van der Waals surface area contributed by atoms with Crippen molar-refractivity contribution < 1.29 is 39.3 Å². The zero-order valence-electron chi connectivity index (χ0n) is 45.8. The third-order valence-corrected chi connectivity index (χ3v) is 16.3. The summed E-state index contributed by atoms with van der Waals surface area (Å²) in [5, 5.41) is 12.7. The molecule has 412 valence electrons. The van der Waals surface area contributed by atoms with Gasteiger partial charge in [0.1, 0.15) is 6.67 Å². The molecule has 0 aliphatic carbocycles. The topological polar surface area (TPSA) is 127 Å². The third-order valence-electron chi connectivity index (χ3n) is 15.8. The summed E-state index contributed by atoms with van der Waals surface area (Å²) in [6, 6.07) is 90.6. The number of H-pyrrole nitrogens is 1. The number of alkyl halides is 1. The number of hydrogen-bond donors (Lipinski definition) is 3. The number of imide groups is 1. The average molecular weight is 1270 g/mol. The van der Waals surface area contributed by atoms with Gasteiger partial charge in [-0.3, -0.25) is 19.1 Å². The highest BCUT2D eigenvalue weighted by Crippen LogP contribution is 2.34. The van der Waals surface area contributed by atoms with Crippen LogP contribution in [-0.2, 0) is 25.5 Å². The van der Waals surface area contributed by atoms with Crippen LogP contribution in [0.15, 0.2) is 267 Å². The van der Waals surface area contributed by atoms with E-state index in [1.807, 2.05) is 53.1 Å². The van der Waals surface area contributed by atoms with Crippen LogP contribution in [0.3, 0.4) is 0 Å². The van der Waals surface area contributed by atoms with E-state index in [1.54, 1.807) is 24.3 Å². The number of nitrogens with two attached hydrogens (primary N) is 1. The zero-order chi connectivity index (χ0) is 56.4. The van der Waals surface area contributed by atoms with Crippen LogP contribution >= 0.6 is 15.9 Å². The van der Waals surface area contributed by atoms with Gasteiger partial charge >= 0.3 is 0 Å². The number of halogens is 2. The van der Waals surface area contributed by atoms with E-state index in [0.717, 1.165) is 33.9 Å². The molecule has 17 rings (SSSR count). The number of para-hydroxylation sites is 10. The lowest BCUT2D eigenvalue weighted by atomic mass is 10.1. The highest BCUT2D eigenvalue weighted by molar-refractivity contribution is 9.08. The SMILES string of the molecule is BrCn1c2ccccc2c2ccccc21.NCn1c2ccccc2c2ccccc21.O=C1c2ccccc2C(=O)N1Cn1c2ccccc2c2ccccc21.[I-].[NH3+]Cn1c2ccccc2c2ccccc21.c1ccc2c(c1)[nH]c1ccccc12. The van der Waals surface area contributed by atoms with Crippen molar-refractivity contribution in [1.29, 1.82) is 0 Å². The van der Waals surface area contributed by atoms with Crippen molar-refractivity contribution in [2.24, 2.45) is 5.73 Å². The normalized spacial score (nSPS) is 11.9. The molecule has 0 unspecified atom stereocenters. The first-order valence-corrected chi connectivity index (χ1v) is 28.9. The minimum Gasteiger partial charge on any atom is -1.00 e. The second-order valence-corrected chi connectivity index (χ2v) is 20.8. The molecule has 11 aromatic carbocycles. The van der Waals surface area contributed by atoms with Gasteiger partial charge in [0, 0.05) is 75.9 Å². The predicted octanol–water partition coefficient (Wildman–Crippen LogP) is 13.2. The monoisotopic (exact) mass is 1270 g/mol. The maximum absolute atomic E-state index is 12.7. The van der Waals surface area contributed by atoms with E-state index >= 15 is 0 Å². The van der Waals surface area contributed by atoms with Gasteiger partial charge in [-0.15, -0.1) is 0 Å². The largest absolute Gasteiger partial charge is 1.00 e. The number of fused-ring (bicyclic) bond motifs is 16. The van der Waals surface area contributed by atoms with Crippen LogP contribution in [0.5, 0.6) is 0 Å². The summed E-state index contributed by atoms with van der Waals surface area (Å²) in [6.45, 7) is 1.50. The van der Waals surface area contributed by atoms with Crippen molar-refractivity contribution in [3.63, 3.8) is 0 Å². The van der Waals surface area contributed by atoms with Crippen molar-refractivity contribution in [2.45, 2.75) is 25.5 Å². The Balaban J connectivity index is 0.000000105. The van der Waals surface area contributed by atoms with Crippen LogP contribution in [0.25, 0.3) is 109 Å². The molecule has 12 heteroatoms. The molecule has 6 heterocycles. The van der Waals surface area contributed by atoms with Gasteiger partial charge in [-0.25, -0.2) is 0 Å². The first-order chi connectivity index (χ1) is 40.9. The number of aromatic amines is 1. The Labute approximate surface area is 509 Å². The van der Waals surface area contributed by atoms with Gasteiger partial charge in [0.25, 0.3) is 11.8 Å². The van der Waals surface area contributed by atoms with Crippen LogP contribution in [0.2, 0.25) is 0 Å². The minimum absolute atomic E-state index is 0. The Morgan fingerprint density at radius 3 is 0.881 bits per heavy atom. The molecule has 6 N–H and O–H groups in total. The van der Waals surface area contributed by atoms with Gasteiger partial charge in [-0.1, -0.05) is 210 Å². The van der Waals surface area contributed by atoms with Crippen molar-refractivity contribution >= 4 is 137 Å². The van der Waals surface area contributed by atoms with Crippen LogP contribution in [0.1, 0.15) is 20.7 Å². The van der Waals surface area contributed by atoms with Crippen molar-refractivity contribution in [3.8, 4) is 0 Å². The lowest BCUT2D eigenvalue weighted by molar-refractivity contribution is -0.406. The van der Waals surface area contributed by atoms with Gasteiger partial charge in [-0.05, 0) is 72.8 Å². The molecule has 5 aromatic heterocycles. The Bertz CT molecular complexity index is 4500. The number of nitrogens with one attached hydrogen (secondary N) is 1. The molecule has 0 bridgehead atoms. The molecule has 0 radical (unpaired) electrons. The first-order valence-electron chi connectivity index (χ1n) is 27.8. The number of quaternary nitrogens is 1. The molecule has 0 fully saturated rings. The van der Waals surface area contributed by atoms with Gasteiger partial charge < -0.3 is 54.1 Å². The van der Waals surface area contributed by atoms with E-state index in [-0.39, 0.29) is 42.5 Å². The number of benzene rings is 11. The summed E-state index contributed by atoms with van der Waals surface area (Å²) in [4.78, 5) is 30.1. The fourth-order valence-corrected chi connectivity index (χ4v) is 12.6. The number of carbonyl (C=O) groups is 2. The number of hydrogen-bond acceptors (Lipinski definition) is 3. The van der Waals surface area contributed by atoms with Gasteiger partial charge in [0.15, 0.2) is 6.67 Å². The summed E-state index contributed by atoms with van der Waals surface area (Å²) in [5.74, 6) is -0.468. The van der Waals surface area contributed by atoms with Crippen molar-refractivity contribution in [1.82, 2.24) is 28.2 Å². The second kappa shape index (κ2) is 24.3.